The molecule has 0 saturated heterocycles. The number of hydrogen-bond donors (Lipinski definition) is 1. The van der Waals surface area contributed by atoms with E-state index in [4.69, 9.17) is 21.1 Å². The highest BCUT2D eigenvalue weighted by molar-refractivity contribution is 9.10. The van der Waals surface area contributed by atoms with Crippen molar-refractivity contribution in [2.24, 2.45) is 0 Å². The molecular weight excluding hydrogens is 346 g/mol. The Hall–Kier alpha value is -1.30. The number of methoxy groups -OCH3 is 1. The third-order valence-electron chi connectivity index (χ3n) is 2.70. The molecule has 0 fully saturated rings. The van der Waals surface area contributed by atoms with Gasteiger partial charge >= 0.3 is 0 Å². The van der Waals surface area contributed by atoms with Crippen LogP contribution < -0.4 is 9.47 Å². The molecule has 0 atom stereocenters. The van der Waals surface area contributed by atoms with E-state index in [1.807, 2.05) is 0 Å². The van der Waals surface area contributed by atoms with Crippen LogP contribution in [0.15, 0.2) is 35.1 Å². The van der Waals surface area contributed by atoms with Crippen LogP contribution in [0.5, 0.6) is 11.5 Å². The molecule has 1 aromatic heterocycles. The maximum Gasteiger partial charge on any atom is 0.175 e. The van der Waals surface area contributed by atoms with E-state index in [0.29, 0.717) is 27.6 Å². The number of aromatic nitrogens is 1. The first-order valence-electron chi connectivity index (χ1n) is 5.84. The first-order chi connectivity index (χ1) is 9.65. The van der Waals surface area contributed by atoms with Crippen LogP contribution in [0, 0.1) is 0 Å². The summed E-state index contributed by atoms with van der Waals surface area (Å²) in [7, 11) is 1.55. The fourth-order valence-corrected chi connectivity index (χ4v) is 2.45. The van der Waals surface area contributed by atoms with Crippen LogP contribution in [0.1, 0.15) is 11.1 Å². The van der Waals surface area contributed by atoms with E-state index in [2.05, 4.69) is 20.9 Å². The van der Waals surface area contributed by atoms with Crippen LogP contribution in [0.4, 0.5) is 0 Å². The van der Waals surface area contributed by atoms with Crippen molar-refractivity contribution in [3.05, 3.63) is 51.2 Å². The summed E-state index contributed by atoms with van der Waals surface area (Å²) in [6.45, 7) is 0.236. The summed E-state index contributed by atoms with van der Waals surface area (Å²) in [6.07, 6.45) is 3.23. The zero-order valence-electron chi connectivity index (χ0n) is 10.8. The van der Waals surface area contributed by atoms with Crippen LogP contribution in [0.2, 0.25) is 5.02 Å². The van der Waals surface area contributed by atoms with E-state index >= 15 is 0 Å². The first kappa shape index (κ1) is 15.1. The Kier molecular flexibility index (Phi) is 5.23. The molecule has 1 heterocycles. The molecule has 0 radical (unpaired) electrons. The molecule has 0 unspecified atom stereocenters. The lowest BCUT2D eigenvalue weighted by molar-refractivity contribution is 0.273. The van der Waals surface area contributed by atoms with Crippen molar-refractivity contribution in [3.8, 4) is 11.5 Å². The van der Waals surface area contributed by atoms with E-state index in [-0.39, 0.29) is 6.61 Å². The number of benzene rings is 1. The number of aliphatic hydroxyl groups is 1. The van der Waals surface area contributed by atoms with Crippen LogP contribution in [0.25, 0.3) is 0 Å². The first-order valence-corrected chi connectivity index (χ1v) is 7.01. The van der Waals surface area contributed by atoms with Gasteiger partial charge in [-0.05, 0) is 39.7 Å². The van der Waals surface area contributed by atoms with E-state index in [1.165, 1.54) is 0 Å². The highest BCUT2D eigenvalue weighted by Crippen LogP contribution is 2.37. The fourth-order valence-electron chi connectivity index (χ4n) is 1.68. The number of nitrogens with zero attached hydrogens (tertiary/aromatic N) is 1. The lowest BCUT2D eigenvalue weighted by Crippen LogP contribution is -2.00. The quantitative estimate of drug-likeness (QED) is 0.887. The maximum absolute atomic E-state index is 9.18. The van der Waals surface area contributed by atoms with Crippen molar-refractivity contribution in [1.29, 1.82) is 0 Å². The number of ether oxygens (including phenoxy) is 2. The third kappa shape index (κ3) is 3.42. The third-order valence-corrected chi connectivity index (χ3v) is 3.63. The summed E-state index contributed by atoms with van der Waals surface area (Å²) in [4.78, 5) is 3.92. The van der Waals surface area contributed by atoms with E-state index < -0.39 is 0 Å². The Bertz CT molecular complexity index is 607. The molecule has 0 aliphatic heterocycles. The molecule has 0 bridgehead atoms. The molecule has 2 rings (SSSR count). The molecule has 0 amide bonds. The minimum absolute atomic E-state index is 0.0641. The average molecular weight is 359 g/mol. The van der Waals surface area contributed by atoms with Gasteiger partial charge in [0.2, 0.25) is 0 Å². The van der Waals surface area contributed by atoms with E-state index in [9.17, 15) is 5.11 Å². The Labute approximate surface area is 130 Å². The molecule has 0 spiro atoms. The fraction of sp³-hybridized carbons (Fsp3) is 0.214. The van der Waals surface area contributed by atoms with Gasteiger partial charge in [0, 0.05) is 18.0 Å². The largest absolute Gasteiger partial charge is 0.493 e. The monoisotopic (exact) mass is 357 g/mol. The van der Waals surface area contributed by atoms with Crippen LogP contribution in [0.3, 0.4) is 0 Å². The SMILES string of the molecule is COc1cc(CO)cc(Br)c1OCc1ccncc1Cl. The van der Waals surface area contributed by atoms with Gasteiger partial charge in [-0.1, -0.05) is 11.6 Å². The molecule has 0 aliphatic rings. The Balaban J connectivity index is 2.23. The maximum atomic E-state index is 9.18. The van der Waals surface area contributed by atoms with Crippen molar-refractivity contribution in [2.75, 3.05) is 7.11 Å². The normalized spacial score (nSPS) is 10.4. The zero-order valence-corrected chi connectivity index (χ0v) is 13.1. The van der Waals surface area contributed by atoms with Gasteiger partial charge in [-0.3, -0.25) is 4.98 Å². The minimum atomic E-state index is -0.0641. The van der Waals surface area contributed by atoms with Crippen molar-refractivity contribution in [3.63, 3.8) is 0 Å². The lowest BCUT2D eigenvalue weighted by Gasteiger charge is -2.14. The van der Waals surface area contributed by atoms with Crippen molar-refractivity contribution in [2.45, 2.75) is 13.2 Å². The van der Waals surface area contributed by atoms with Crippen LogP contribution in [-0.2, 0) is 13.2 Å². The van der Waals surface area contributed by atoms with Gasteiger partial charge < -0.3 is 14.6 Å². The van der Waals surface area contributed by atoms with Gasteiger partial charge in [0.25, 0.3) is 0 Å². The average Bonchev–Trinajstić information content (AvgIpc) is 2.46. The number of halogens is 2. The van der Waals surface area contributed by atoms with Crippen molar-refractivity contribution < 1.29 is 14.6 Å². The van der Waals surface area contributed by atoms with Crippen LogP contribution in [-0.4, -0.2) is 17.2 Å². The molecule has 4 nitrogen and oxygen atoms in total. The minimum Gasteiger partial charge on any atom is -0.493 e. The predicted molar refractivity (Wildman–Crippen MR) is 80.2 cm³/mol. The highest BCUT2D eigenvalue weighted by Gasteiger charge is 2.12. The van der Waals surface area contributed by atoms with Crippen molar-refractivity contribution in [1.82, 2.24) is 4.98 Å². The van der Waals surface area contributed by atoms with Crippen LogP contribution >= 0.6 is 27.5 Å². The molecule has 0 saturated carbocycles. The zero-order chi connectivity index (χ0) is 14.5. The summed E-state index contributed by atoms with van der Waals surface area (Å²) in [5.41, 5.74) is 1.57. The molecule has 0 aliphatic carbocycles. The Morgan fingerprint density at radius 1 is 1.40 bits per heavy atom. The molecular formula is C14H13BrClNO3. The van der Waals surface area contributed by atoms with Gasteiger partial charge in [0.1, 0.15) is 6.61 Å². The van der Waals surface area contributed by atoms with Gasteiger partial charge in [0.05, 0.1) is 23.2 Å². The summed E-state index contributed by atoms with van der Waals surface area (Å²) in [5.74, 6) is 1.12. The second kappa shape index (κ2) is 6.92. The predicted octanol–water partition coefficient (Wildman–Crippen LogP) is 3.58. The summed E-state index contributed by atoms with van der Waals surface area (Å²) in [6, 6.07) is 5.31. The molecule has 2 aromatic rings. The lowest BCUT2D eigenvalue weighted by atomic mass is 10.2. The number of aliphatic hydroxyl groups excluding tert-OH is 1. The second-order valence-electron chi connectivity index (χ2n) is 4.02. The van der Waals surface area contributed by atoms with Gasteiger partial charge in [0.15, 0.2) is 11.5 Å². The van der Waals surface area contributed by atoms with Gasteiger partial charge in [-0.2, -0.15) is 0 Å². The Morgan fingerprint density at radius 3 is 2.85 bits per heavy atom. The summed E-state index contributed by atoms with van der Waals surface area (Å²) >= 11 is 9.44. The number of hydrogen-bond acceptors (Lipinski definition) is 4. The molecule has 20 heavy (non-hydrogen) atoms. The molecule has 1 N–H and O–H groups in total. The topological polar surface area (TPSA) is 51.6 Å². The van der Waals surface area contributed by atoms with Gasteiger partial charge in [-0.25, -0.2) is 0 Å². The van der Waals surface area contributed by atoms with Crippen molar-refractivity contribution >= 4 is 27.5 Å². The summed E-state index contributed by atoms with van der Waals surface area (Å²) < 4.78 is 11.7. The number of rotatable bonds is 5. The van der Waals surface area contributed by atoms with E-state index in [1.54, 1.807) is 37.7 Å². The highest BCUT2D eigenvalue weighted by atomic mass is 79.9. The number of pyridine rings is 1. The van der Waals surface area contributed by atoms with Gasteiger partial charge in [-0.15, -0.1) is 0 Å². The van der Waals surface area contributed by atoms with E-state index in [0.717, 1.165) is 11.1 Å². The Morgan fingerprint density at radius 2 is 2.20 bits per heavy atom. The molecule has 1 aromatic carbocycles. The summed E-state index contributed by atoms with van der Waals surface area (Å²) in [5, 5.41) is 9.73. The smallest absolute Gasteiger partial charge is 0.175 e. The standard InChI is InChI=1S/C14H13BrClNO3/c1-19-13-5-9(7-18)4-11(15)14(13)20-8-10-2-3-17-6-12(10)16/h2-6,18H,7-8H2,1H3. The second-order valence-corrected chi connectivity index (χ2v) is 5.28. The molecule has 106 valence electrons. The molecule has 6 heteroatoms.